The summed E-state index contributed by atoms with van der Waals surface area (Å²) in [7, 11) is 0. The van der Waals surface area contributed by atoms with Crippen molar-refractivity contribution >= 4 is 12.6 Å². The second-order valence-electron chi connectivity index (χ2n) is 6.38. The number of unbranched alkanes of at least 4 members (excludes halogenated alkanes) is 3. The van der Waals surface area contributed by atoms with E-state index in [4.69, 9.17) is 15.3 Å². The van der Waals surface area contributed by atoms with Crippen LogP contribution in [-0.2, 0) is 6.42 Å². The van der Waals surface area contributed by atoms with Gasteiger partial charge in [-0.3, -0.25) is 9.59 Å². The number of rotatable bonds is 11. The third-order valence-electron chi connectivity index (χ3n) is 4.38. The molecule has 0 spiro atoms. The number of aldehydes is 2. The third kappa shape index (κ3) is 8.91. The maximum Gasteiger partial charge on any atom is 0.150 e. The molecule has 0 atom stereocenters. The number of carbonyl (C=O) groups excluding carboxylic acids is 2. The van der Waals surface area contributed by atoms with Crippen molar-refractivity contribution in [2.24, 2.45) is 5.41 Å². The van der Waals surface area contributed by atoms with E-state index < -0.39 is 5.41 Å². The molecular weight excluding hydrogens is 320 g/mol. The molecule has 5 heteroatoms. The van der Waals surface area contributed by atoms with Gasteiger partial charge in [-0.25, -0.2) is 0 Å². The van der Waals surface area contributed by atoms with Crippen LogP contribution in [0.3, 0.4) is 0 Å². The smallest absolute Gasteiger partial charge is 0.150 e. The van der Waals surface area contributed by atoms with Gasteiger partial charge in [0.1, 0.15) is 12.6 Å². The number of hydrogen-bond donors (Lipinski definition) is 3. The highest BCUT2D eigenvalue weighted by molar-refractivity contribution is 5.82. The van der Waals surface area contributed by atoms with Gasteiger partial charge in [0.15, 0.2) is 0 Å². The maximum atomic E-state index is 10.7. The molecule has 0 amide bonds. The number of carbonyl (C=O) groups is 2. The van der Waals surface area contributed by atoms with Gasteiger partial charge in [0.05, 0.1) is 19.8 Å². The summed E-state index contributed by atoms with van der Waals surface area (Å²) in [6.07, 6.45) is 7.92. The predicted molar refractivity (Wildman–Crippen MR) is 99.0 cm³/mol. The van der Waals surface area contributed by atoms with E-state index in [2.05, 4.69) is 6.92 Å². The van der Waals surface area contributed by atoms with Crippen molar-refractivity contribution < 1.29 is 24.9 Å². The van der Waals surface area contributed by atoms with Crippen molar-refractivity contribution in [3.63, 3.8) is 0 Å². The van der Waals surface area contributed by atoms with E-state index in [-0.39, 0.29) is 19.8 Å². The van der Waals surface area contributed by atoms with E-state index in [0.717, 1.165) is 31.0 Å². The first-order valence-electron chi connectivity index (χ1n) is 8.91. The monoisotopic (exact) mass is 352 g/mol. The summed E-state index contributed by atoms with van der Waals surface area (Å²) in [4.78, 5) is 21.4. The fourth-order valence-electron chi connectivity index (χ4n) is 2.27. The van der Waals surface area contributed by atoms with Gasteiger partial charge in [-0.1, -0.05) is 33.1 Å². The number of benzene rings is 1. The van der Waals surface area contributed by atoms with Gasteiger partial charge in [-0.15, -0.1) is 0 Å². The molecule has 1 aromatic rings. The molecule has 0 saturated carbocycles. The molecule has 0 saturated heterocycles. The molecule has 0 radical (unpaired) electrons. The molecule has 0 bridgehead atoms. The van der Waals surface area contributed by atoms with E-state index in [0.29, 0.717) is 17.5 Å². The summed E-state index contributed by atoms with van der Waals surface area (Å²) < 4.78 is 0. The maximum absolute atomic E-state index is 10.7. The van der Waals surface area contributed by atoms with Crippen molar-refractivity contribution in [2.45, 2.75) is 52.4 Å². The number of aliphatic hydroxyl groups is 3. The lowest BCUT2D eigenvalue weighted by molar-refractivity contribution is 0.00304. The highest BCUT2D eigenvalue weighted by atomic mass is 16.3. The normalized spacial score (nSPS) is 10.8. The quantitative estimate of drug-likeness (QED) is 0.420. The van der Waals surface area contributed by atoms with Crippen LogP contribution in [0, 0.1) is 5.41 Å². The molecule has 142 valence electrons. The molecule has 25 heavy (non-hydrogen) atoms. The van der Waals surface area contributed by atoms with Crippen molar-refractivity contribution in [3.05, 3.63) is 34.9 Å². The second kappa shape index (κ2) is 13.7. The van der Waals surface area contributed by atoms with E-state index in [1.807, 2.05) is 19.1 Å². The van der Waals surface area contributed by atoms with Crippen LogP contribution in [0.15, 0.2) is 18.2 Å². The van der Waals surface area contributed by atoms with Crippen LogP contribution in [0.25, 0.3) is 0 Å². The zero-order valence-electron chi connectivity index (χ0n) is 15.4. The lowest BCUT2D eigenvalue weighted by Gasteiger charge is -2.24. The minimum Gasteiger partial charge on any atom is -0.396 e. The van der Waals surface area contributed by atoms with E-state index in [9.17, 15) is 9.59 Å². The Labute approximate surface area is 150 Å². The molecule has 0 aromatic heterocycles. The Balaban J connectivity index is 0.000000547. The van der Waals surface area contributed by atoms with E-state index >= 15 is 0 Å². The second-order valence-corrected chi connectivity index (χ2v) is 6.38. The number of aliphatic hydroxyl groups excluding tert-OH is 3. The fourth-order valence-corrected chi connectivity index (χ4v) is 2.27. The van der Waals surface area contributed by atoms with Crippen LogP contribution in [0.5, 0.6) is 0 Å². The van der Waals surface area contributed by atoms with Crippen LogP contribution in [0.2, 0.25) is 0 Å². The van der Waals surface area contributed by atoms with Crippen molar-refractivity contribution in [1.82, 2.24) is 0 Å². The zero-order chi connectivity index (χ0) is 19.1. The molecule has 0 fully saturated rings. The van der Waals surface area contributed by atoms with Gasteiger partial charge >= 0.3 is 0 Å². The molecule has 3 N–H and O–H groups in total. The molecule has 1 aromatic carbocycles. The minimum atomic E-state index is -0.667. The topological polar surface area (TPSA) is 94.8 Å². The number of hydrogen-bond acceptors (Lipinski definition) is 5. The lowest BCUT2D eigenvalue weighted by atomic mass is 9.88. The molecule has 5 nitrogen and oxygen atoms in total. The SMILES string of the molecule is CCC(CO)(CO)CO.CCCCCCc1cc(C=O)cc(C=O)c1. The largest absolute Gasteiger partial charge is 0.396 e. The van der Waals surface area contributed by atoms with Crippen LogP contribution in [-0.4, -0.2) is 47.7 Å². The summed E-state index contributed by atoms with van der Waals surface area (Å²) in [5, 5.41) is 26.0. The zero-order valence-corrected chi connectivity index (χ0v) is 15.4. The fraction of sp³-hybridized carbons (Fsp3) is 0.600. The molecule has 0 aliphatic carbocycles. The number of aryl methyl sites for hydroxylation is 1. The molecular formula is C20H32O5. The molecule has 0 unspecified atom stereocenters. The Morgan fingerprint density at radius 1 is 0.840 bits per heavy atom. The Bertz CT molecular complexity index is 451. The molecule has 0 aliphatic rings. The summed E-state index contributed by atoms with van der Waals surface area (Å²) in [5.41, 5.74) is 1.60. The summed E-state index contributed by atoms with van der Waals surface area (Å²) in [6, 6.07) is 5.35. The molecule has 1 rings (SSSR count). The predicted octanol–water partition coefficient (Wildman–Crippen LogP) is 2.79. The minimum absolute atomic E-state index is 0.156. The molecule has 0 aliphatic heterocycles. The average Bonchev–Trinajstić information content (AvgIpc) is 2.67. The summed E-state index contributed by atoms with van der Waals surface area (Å²) in [6.45, 7) is 3.53. The lowest BCUT2D eigenvalue weighted by Crippen LogP contribution is -2.32. The first kappa shape index (κ1) is 23.4. The van der Waals surface area contributed by atoms with Crippen molar-refractivity contribution in [1.29, 1.82) is 0 Å². The Kier molecular flexibility index (Phi) is 12.8. The van der Waals surface area contributed by atoms with Gasteiger partial charge in [-0.05, 0) is 43.0 Å². The van der Waals surface area contributed by atoms with Crippen LogP contribution >= 0.6 is 0 Å². The van der Waals surface area contributed by atoms with Crippen LogP contribution in [0.4, 0.5) is 0 Å². The Morgan fingerprint density at radius 3 is 1.68 bits per heavy atom. The first-order valence-corrected chi connectivity index (χ1v) is 8.91. The highest BCUT2D eigenvalue weighted by Gasteiger charge is 2.24. The standard InChI is InChI=1S/C14H18O2.C6H14O3/c1-2-3-4-5-6-12-7-13(10-15)9-14(8-12)11-16;1-2-6(3-7,4-8)5-9/h7-11H,2-6H2,1H3;7-9H,2-5H2,1H3. The van der Waals surface area contributed by atoms with Gasteiger partial charge in [-0.2, -0.15) is 0 Å². The Morgan fingerprint density at radius 2 is 1.36 bits per heavy atom. The van der Waals surface area contributed by atoms with E-state index in [1.54, 1.807) is 6.07 Å². The van der Waals surface area contributed by atoms with E-state index in [1.165, 1.54) is 19.3 Å². The van der Waals surface area contributed by atoms with Gasteiger partial charge in [0.25, 0.3) is 0 Å². The van der Waals surface area contributed by atoms with Gasteiger partial charge in [0.2, 0.25) is 0 Å². The summed E-state index contributed by atoms with van der Waals surface area (Å²) in [5.74, 6) is 0. The summed E-state index contributed by atoms with van der Waals surface area (Å²) >= 11 is 0. The average molecular weight is 352 g/mol. The Hall–Kier alpha value is -1.56. The van der Waals surface area contributed by atoms with Crippen molar-refractivity contribution in [3.8, 4) is 0 Å². The van der Waals surface area contributed by atoms with Gasteiger partial charge in [0, 0.05) is 16.5 Å². The van der Waals surface area contributed by atoms with Crippen LogP contribution in [0.1, 0.15) is 72.2 Å². The highest BCUT2D eigenvalue weighted by Crippen LogP contribution is 2.18. The first-order chi connectivity index (χ1) is 12.0. The molecule has 0 heterocycles. The van der Waals surface area contributed by atoms with Crippen molar-refractivity contribution in [2.75, 3.05) is 19.8 Å². The van der Waals surface area contributed by atoms with Gasteiger partial charge < -0.3 is 15.3 Å². The van der Waals surface area contributed by atoms with Crippen LogP contribution < -0.4 is 0 Å². The third-order valence-corrected chi connectivity index (χ3v) is 4.38.